The van der Waals surface area contributed by atoms with Gasteiger partial charge in [0.05, 0.1) is 6.10 Å². The van der Waals surface area contributed by atoms with Crippen LogP contribution in [0, 0.1) is 5.92 Å². The molecule has 3 heteroatoms. The maximum Gasteiger partial charge on any atom is 0.0916 e. The van der Waals surface area contributed by atoms with Gasteiger partial charge in [-0.2, -0.15) is 0 Å². The Kier molecular flexibility index (Phi) is 4.71. The quantitative estimate of drug-likeness (QED) is 0.800. The van der Waals surface area contributed by atoms with Crippen LogP contribution in [0.3, 0.4) is 0 Å². The summed E-state index contributed by atoms with van der Waals surface area (Å²) in [5.74, 6) is 0.874. The Hall–Kier alpha value is -0.900. The van der Waals surface area contributed by atoms with Crippen molar-refractivity contribution in [2.75, 3.05) is 26.2 Å². The van der Waals surface area contributed by atoms with Gasteiger partial charge >= 0.3 is 0 Å². The molecule has 1 aromatic rings. The van der Waals surface area contributed by atoms with Crippen molar-refractivity contribution in [3.8, 4) is 0 Å². The molecule has 0 radical (unpaired) electrons. The van der Waals surface area contributed by atoms with E-state index >= 15 is 0 Å². The molecular weight excluding hydrogens is 248 g/mol. The average Bonchev–Trinajstić information content (AvgIpc) is 3.13. The molecule has 1 aromatic carbocycles. The number of hydrogen-bond donors (Lipinski definition) is 2. The molecule has 2 N–H and O–H groups in total. The molecule has 0 amide bonds. The highest BCUT2D eigenvalue weighted by atomic mass is 16.3. The van der Waals surface area contributed by atoms with Crippen molar-refractivity contribution in [3.63, 3.8) is 0 Å². The molecule has 1 heterocycles. The minimum absolute atomic E-state index is 0.364. The molecule has 2 fully saturated rings. The van der Waals surface area contributed by atoms with E-state index in [1.165, 1.54) is 25.7 Å². The topological polar surface area (TPSA) is 35.5 Å². The summed E-state index contributed by atoms with van der Waals surface area (Å²) < 4.78 is 0. The second-order valence-electron chi connectivity index (χ2n) is 6.38. The van der Waals surface area contributed by atoms with E-state index in [1.54, 1.807) is 0 Å². The molecule has 1 saturated heterocycles. The van der Waals surface area contributed by atoms with Gasteiger partial charge in [-0.3, -0.25) is 4.90 Å². The van der Waals surface area contributed by atoms with Crippen LogP contribution in [0.5, 0.6) is 0 Å². The second-order valence-corrected chi connectivity index (χ2v) is 6.38. The lowest BCUT2D eigenvalue weighted by atomic mass is 10.1. The third kappa shape index (κ3) is 4.05. The van der Waals surface area contributed by atoms with Gasteiger partial charge in [-0.15, -0.1) is 0 Å². The molecule has 3 nitrogen and oxygen atoms in total. The zero-order valence-electron chi connectivity index (χ0n) is 12.2. The molecule has 20 heavy (non-hydrogen) atoms. The highest BCUT2D eigenvalue weighted by Crippen LogP contribution is 2.30. The van der Waals surface area contributed by atoms with Crippen LogP contribution in [-0.4, -0.2) is 42.2 Å². The fraction of sp³-hybridized carbons (Fsp3) is 0.647. The van der Waals surface area contributed by atoms with Crippen LogP contribution >= 0.6 is 0 Å². The van der Waals surface area contributed by atoms with Crippen molar-refractivity contribution in [2.45, 2.75) is 37.8 Å². The summed E-state index contributed by atoms with van der Waals surface area (Å²) in [6, 6.07) is 10.7. The molecule has 0 aromatic heterocycles. The average molecular weight is 274 g/mol. The van der Waals surface area contributed by atoms with Gasteiger partial charge in [0.2, 0.25) is 0 Å². The highest BCUT2D eigenvalue weighted by Gasteiger charge is 2.27. The molecule has 1 aliphatic carbocycles. The van der Waals surface area contributed by atoms with Crippen LogP contribution in [-0.2, 0) is 0 Å². The Balaban J connectivity index is 1.56. The van der Waals surface area contributed by atoms with Gasteiger partial charge in [-0.25, -0.2) is 0 Å². The van der Waals surface area contributed by atoms with Crippen LogP contribution in [0.25, 0.3) is 0 Å². The second kappa shape index (κ2) is 6.70. The predicted molar refractivity (Wildman–Crippen MR) is 81.6 cm³/mol. The number of hydrogen-bond acceptors (Lipinski definition) is 3. The molecule has 0 bridgehead atoms. The summed E-state index contributed by atoms with van der Waals surface area (Å²) in [4.78, 5) is 2.47. The number of aliphatic hydroxyl groups is 1. The van der Waals surface area contributed by atoms with Crippen LogP contribution in [0.15, 0.2) is 30.3 Å². The molecule has 3 rings (SSSR count). The summed E-state index contributed by atoms with van der Waals surface area (Å²) in [5, 5.41) is 14.0. The van der Waals surface area contributed by atoms with Gasteiger partial charge in [0.25, 0.3) is 0 Å². The first-order chi connectivity index (χ1) is 9.81. The maximum atomic E-state index is 10.4. The molecule has 2 aliphatic rings. The van der Waals surface area contributed by atoms with Crippen LogP contribution < -0.4 is 5.32 Å². The largest absolute Gasteiger partial charge is 0.387 e. The number of benzene rings is 1. The maximum absolute atomic E-state index is 10.4. The zero-order chi connectivity index (χ0) is 13.8. The monoisotopic (exact) mass is 274 g/mol. The Morgan fingerprint density at radius 1 is 1.15 bits per heavy atom. The summed E-state index contributed by atoms with van der Waals surface area (Å²) in [5.41, 5.74) is 1.03. The Labute approximate surface area is 122 Å². The highest BCUT2D eigenvalue weighted by molar-refractivity contribution is 5.17. The van der Waals surface area contributed by atoms with Crippen molar-refractivity contribution >= 4 is 0 Å². The normalized spacial score (nSPS) is 24.2. The standard InChI is InChI=1S/C17H26N2O/c20-17(15-5-2-1-3-6-15)13-19(11-14-8-9-14)12-16-7-4-10-18-16/h1-3,5-6,14,16-18,20H,4,7-13H2. The van der Waals surface area contributed by atoms with Crippen LogP contribution in [0.1, 0.15) is 37.4 Å². The van der Waals surface area contributed by atoms with Gasteiger partial charge in [-0.05, 0) is 43.7 Å². The first kappa shape index (κ1) is 14.1. The lowest BCUT2D eigenvalue weighted by Gasteiger charge is -2.28. The fourth-order valence-electron chi connectivity index (χ4n) is 3.14. The van der Waals surface area contributed by atoms with E-state index in [-0.39, 0.29) is 6.10 Å². The number of nitrogens with zero attached hydrogens (tertiary/aromatic N) is 1. The van der Waals surface area contributed by atoms with Crippen molar-refractivity contribution in [2.24, 2.45) is 5.92 Å². The van der Waals surface area contributed by atoms with Crippen molar-refractivity contribution in [1.82, 2.24) is 10.2 Å². The minimum atomic E-state index is -0.364. The summed E-state index contributed by atoms with van der Waals surface area (Å²) in [7, 11) is 0. The molecule has 1 aliphatic heterocycles. The van der Waals surface area contributed by atoms with E-state index in [0.29, 0.717) is 6.04 Å². The predicted octanol–water partition coefficient (Wildman–Crippen LogP) is 2.18. The van der Waals surface area contributed by atoms with Crippen LogP contribution in [0.4, 0.5) is 0 Å². The van der Waals surface area contributed by atoms with Crippen molar-refractivity contribution in [1.29, 1.82) is 0 Å². The van der Waals surface area contributed by atoms with E-state index in [0.717, 1.165) is 37.7 Å². The summed E-state index contributed by atoms with van der Waals surface area (Å²) in [6.45, 7) is 4.16. The number of nitrogens with one attached hydrogen (secondary N) is 1. The van der Waals surface area contributed by atoms with Gasteiger partial charge in [-0.1, -0.05) is 30.3 Å². The summed E-state index contributed by atoms with van der Waals surface area (Å²) in [6.07, 6.45) is 4.95. The molecule has 0 spiro atoms. The molecular formula is C17H26N2O. The summed E-state index contributed by atoms with van der Waals surface area (Å²) >= 11 is 0. The number of aliphatic hydroxyl groups excluding tert-OH is 1. The van der Waals surface area contributed by atoms with Gasteiger partial charge in [0.15, 0.2) is 0 Å². The Morgan fingerprint density at radius 2 is 1.95 bits per heavy atom. The zero-order valence-corrected chi connectivity index (χ0v) is 12.2. The van der Waals surface area contributed by atoms with Crippen LogP contribution in [0.2, 0.25) is 0 Å². The van der Waals surface area contributed by atoms with E-state index in [9.17, 15) is 5.11 Å². The smallest absolute Gasteiger partial charge is 0.0916 e. The first-order valence-corrected chi connectivity index (χ1v) is 8.00. The SMILES string of the molecule is OC(CN(CC1CC1)CC1CCCN1)c1ccccc1. The van der Waals surface area contributed by atoms with E-state index < -0.39 is 0 Å². The third-order valence-electron chi connectivity index (χ3n) is 4.47. The number of rotatable bonds is 7. The first-order valence-electron chi connectivity index (χ1n) is 8.00. The van der Waals surface area contributed by atoms with Gasteiger partial charge in [0.1, 0.15) is 0 Å². The van der Waals surface area contributed by atoms with E-state index in [2.05, 4.69) is 10.2 Å². The van der Waals surface area contributed by atoms with E-state index in [4.69, 9.17) is 0 Å². The fourth-order valence-corrected chi connectivity index (χ4v) is 3.14. The molecule has 2 atom stereocenters. The Morgan fingerprint density at radius 3 is 2.60 bits per heavy atom. The Bertz CT molecular complexity index is 399. The van der Waals surface area contributed by atoms with E-state index in [1.807, 2.05) is 30.3 Å². The molecule has 110 valence electrons. The van der Waals surface area contributed by atoms with Gasteiger partial charge in [0, 0.05) is 25.7 Å². The lowest BCUT2D eigenvalue weighted by molar-refractivity contribution is 0.105. The lowest BCUT2D eigenvalue weighted by Crippen LogP contribution is -2.40. The van der Waals surface area contributed by atoms with Crippen molar-refractivity contribution < 1.29 is 5.11 Å². The minimum Gasteiger partial charge on any atom is -0.387 e. The van der Waals surface area contributed by atoms with Gasteiger partial charge < -0.3 is 10.4 Å². The molecule has 2 unspecified atom stereocenters. The third-order valence-corrected chi connectivity index (χ3v) is 4.47. The van der Waals surface area contributed by atoms with Crippen molar-refractivity contribution in [3.05, 3.63) is 35.9 Å². The molecule has 1 saturated carbocycles.